The number of nitrogens with zero attached hydrogens (tertiary/aromatic N) is 2. The molecule has 1 aromatic heterocycles. The molecule has 2 aromatic rings. The van der Waals surface area contributed by atoms with Gasteiger partial charge in [0.05, 0.1) is 0 Å². The SMILES string of the molecule is NCCCC(=O)Nc1nnc(CCSc2ccccc2)s1. The number of benzene rings is 1. The Hall–Kier alpha value is -1.44. The van der Waals surface area contributed by atoms with E-state index in [4.69, 9.17) is 5.73 Å². The maximum absolute atomic E-state index is 11.5. The van der Waals surface area contributed by atoms with Crippen molar-refractivity contribution in [1.82, 2.24) is 10.2 Å². The molecule has 0 spiro atoms. The van der Waals surface area contributed by atoms with Crippen molar-refractivity contribution in [2.75, 3.05) is 17.6 Å². The number of hydrogen-bond acceptors (Lipinski definition) is 6. The lowest BCUT2D eigenvalue weighted by Gasteiger charge is -1.99. The first-order valence-electron chi connectivity index (χ1n) is 6.78. The summed E-state index contributed by atoms with van der Waals surface area (Å²) in [5.41, 5.74) is 5.37. The summed E-state index contributed by atoms with van der Waals surface area (Å²) in [5.74, 6) is 0.890. The monoisotopic (exact) mass is 322 g/mol. The Kier molecular flexibility index (Phi) is 6.65. The van der Waals surface area contributed by atoms with Crippen molar-refractivity contribution in [2.24, 2.45) is 5.73 Å². The second-order valence-electron chi connectivity index (χ2n) is 4.35. The van der Waals surface area contributed by atoms with E-state index in [1.807, 2.05) is 18.2 Å². The van der Waals surface area contributed by atoms with Crippen LogP contribution in [0.2, 0.25) is 0 Å². The van der Waals surface area contributed by atoms with Crippen LogP contribution in [0, 0.1) is 0 Å². The van der Waals surface area contributed by atoms with Crippen LogP contribution in [-0.2, 0) is 11.2 Å². The normalized spacial score (nSPS) is 10.5. The summed E-state index contributed by atoms with van der Waals surface area (Å²) in [5, 5.41) is 12.3. The number of hydrogen-bond donors (Lipinski definition) is 2. The Balaban J connectivity index is 1.74. The summed E-state index contributed by atoms with van der Waals surface area (Å²) < 4.78 is 0. The zero-order chi connectivity index (χ0) is 14.9. The number of rotatable bonds is 8. The Labute approximate surface area is 132 Å². The van der Waals surface area contributed by atoms with Gasteiger partial charge in [-0.1, -0.05) is 29.5 Å². The fourth-order valence-corrected chi connectivity index (χ4v) is 3.39. The number of thioether (sulfide) groups is 1. The summed E-state index contributed by atoms with van der Waals surface area (Å²) in [7, 11) is 0. The van der Waals surface area contributed by atoms with E-state index in [-0.39, 0.29) is 5.91 Å². The third kappa shape index (κ3) is 5.82. The number of aromatic nitrogens is 2. The van der Waals surface area contributed by atoms with Crippen LogP contribution in [0.1, 0.15) is 17.8 Å². The summed E-state index contributed by atoms with van der Waals surface area (Å²) >= 11 is 3.22. The molecular formula is C14H18N4OS2. The van der Waals surface area contributed by atoms with Crippen LogP contribution in [0.25, 0.3) is 0 Å². The van der Waals surface area contributed by atoms with Crippen molar-refractivity contribution in [3.8, 4) is 0 Å². The highest BCUT2D eigenvalue weighted by Gasteiger charge is 2.07. The molecule has 7 heteroatoms. The molecule has 112 valence electrons. The number of nitrogens with two attached hydrogens (primary N) is 1. The van der Waals surface area contributed by atoms with E-state index < -0.39 is 0 Å². The van der Waals surface area contributed by atoms with Gasteiger partial charge in [-0.05, 0) is 25.1 Å². The van der Waals surface area contributed by atoms with Gasteiger partial charge < -0.3 is 11.1 Å². The number of carbonyl (C=O) groups excluding carboxylic acids is 1. The first kappa shape index (κ1) is 15.9. The summed E-state index contributed by atoms with van der Waals surface area (Å²) in [6.45, 7) is 0.519. The zero-order valence-electron chi connectivity index (χ0n) is 11.6. The number of nitrogens with one attached hydrogen (secondary N) is 1. The van der Waals surface area contributed by atoms with E-state index in [9.17, 15) is 4.79 Å². The minimum Gasteiger partial charge on any atom is -0.330 e. The van der Waals surface area contributed by atoms with Gasteiger partial charge in [0.1, 0.15) is 5.01 Å². The van der Waals surface area contributed by atoms with Gasteiger partial charge in [-0.3, -0.25) is 4.79 Å². The molecule has 0 bridgehead atoms. The van der Waals surface area contributed by atoms with Crippen LogP contribution in [0.15, 0.2) is 35.2 Å². The van der Waals surface area contributed by atoms with E-state index in [0.29, 0.717) is 24.5 Å². The molecule has 0 aliphatic heterocycles. The van der Waals surface area contributed by atoms with Gasteiger partial charge in [-0.25, -0.2) is 0 Å². The molecule has 0 unspecified atom stereocenters. The highest BCUT2D eigenvalue weighted by atomic mass is 32.2. The van der Waals surface area contributed by atoms with Crippen LogP contribution < -0.4 is 11.1 Å². The molecule has 5 nitrogen and oxygen atoms in total. The van der Waals surface area contributed by atoms with Gasteiger partial charge in [0.2, 0.25) is 11.0 Å². The quantitative estimate of drug-likeness (QED) is 0.730. The Bertz CT molecular complexity index is 559. The average Bonchev–Trinajstić information content (AvgIpc) is 2.93. The predicted octanol–water partition coefficient (Wildman–Crippen LogP) is 2.55. The number of anilines is 1. The van der Waals surface area contributed by atoms with Crippen molar-refractivity contribution < 1.29 is 4.79 Å². The molecule has 2 rings (SSSR count). The number of aryl methyl sites for hydroxylation is 1. The summed E-state index contributed by atoms with van der Waals surface area (Å²) in [6, 6.07) is 10.3. The van der Waals surface area contributed by atoms with Gasteiger partial charge in [-0.2, -0.15) is 0 Å². The third-order valence-corrected chi connectivity index (χ3v) is 4.56. The second kappa shape index (κ2) is 8.76. The molecule has 1 aromatic carbocycles. The first-order chi connectivity index (χ1) is 10.3. The third-order valence-electron chi connectivity index (χ3n) is 2.65. The average molecular weight is 322 g/mol. The predicted molar refractivity (Wildman–Crippen MR) is 87.7 cm³/mol. The molecule has 0 radical (unpaired) electrons. The van der Waals surface area contributed by atoms with Crippen molar-refractivity contribution in [3.05, 3.63) is 35.3 Å². The Morgan fingerprint density at radius 3 is 2.86 bits per heavy atom. The minimum atomic E-state index is -0.0539. The molecule has 1 heterocycles. The van der Waals surface area contributed by atoms with Gasteiger partial charge in [0.15, 0.2) is 0 Å². The molecular weight excluding hydrogens is 304 g/mol. The van der Waals surface area contributed by atoms with E-state index in [1.165, 1.54) is 16.2 Å². The van der Waals surface area contributed by atoms with Crippen LogP contribution in [0.4, 0.5) is 5.13 Å². The molecule has 3 N–H and O–H groups in total. The van der Waals surface area contributed by atoms with Gasteiger partial charge in [0.25, 0.3) is 0 Å². The van der Waals surface area contributed by atoms with Gasteiger partial charge >= 0.3 is 0 Å². The fourth-order valence-electron chi connectivity index (χ4n) is 1.62. The molecule has 0 atom stereocenters. The van der Waals surface area contributed by atoms with Gasteiger partial charge in [0, 0.05) is 23.5 Å². The topological polar surface area (TPSA) is 80.9 Å². The smallest absolute Gasteiger partial charge is 0.226 e. The van der Waals surface area contributed by atoms with Crippen LogP contribution >= 0.6 is 23.1 Å². The second-order valence-corrected chi connectivity index (χ2v) is 6.58. The molecule has 0 fully saturated rings. The minimum absolute atomic E-state index is 0.0539. The zero-order valence-corrected chi connectivity index (χ0v) is 13.3. The number of amides is 1. The fraction of sp³-hybridized carbons (Fsp3) is 0.357. The van der Waals surface area contributed by atoms with Crippen molar-refractivity contribution >= 4 is 34.1 Å². The van der Waals surface area contributed by atoms with E-state index in [0.717, 1.165) is 17.2 Å². The highest BCUT2D eigenvalue weighted by Crippen LogP contribution is 2.21. The maximum atomic E-state index is 11.5. The van der Waals surface area contributed by atoms with E-state index in [1.54, 1.807) is 11.8 Å². The van der Waals surface area contributed by atoms with Gasteiger partial charge in [-0.15, -0.1) is 22.0 Å². The van der Waals surface area contributed by atoms with Crippen LogP contribution in [-0.4, -0.2) is 28.4 Å². The molecule has 0 saturated heterocycles. The van der Waals surface area contributed by atoms with E-state index >= 15 is 0 Å². The highest BCUT2D eigenvalue weighted by molar-refractivity contribution is 7.99. The molecule has 1 amide bonds. The summed E-state index contributed by atoms with van der Waals surface area (Å²) in [4.78, 5) is 12.8. The molecule has 0 saturated carbocycles. The molecule has 21 heavy (non-hydrogen) atoms. The first-order valence-corrected chi connectivity index (χ1v) is 8.58. The molecule has 0 aliphatic rings. The molecule has 0 aliphatic carbocycles. The lowest BCUT2D eigenvalue weighted by molar-refractivity contribution is -0.116. The van der Waals surface area contributed by atoms with Crippen molar-refractivity contribution in [1.29, 1.82) is 0 Å². The lowest BCUT2D eigenvalue weighted by atomic mass is 10.3. The van der Waals surface area contributed by atoms with E-state index in [2.05, 4.69) is 27.6 Å². The Morgan fingerprint density at radius 1 is 1.29 bits per heavy atom. The Morgan fingerprint density at radius 2 is 2.10 bits per heavy atom. The van der Waals surface area contributed by atoms with Crippen molar-refractivity contribution in [3.63, 3.8) is 0 Å². The maximum Gasteiger partial charge on any atom is 0.226 e. The van der Waals surface area contributed by atoms with Crippen molar-refractivity contribution in [2.45, 2.75) is 24.2 Å². The largest absolute Gasteiger partial charge is 0.330 e. The standard InChI is InChI=1S/C14H18N4OS2/c15-9-4-7-12(19)16-14-18-17-13(21-14)8-10-20-11-5-2-1-3-6-11/h1-3,5-6H,4,7-10,15H2,(H,16,18,19). The number of carbonyl (C=O) groups is 1. The lowest BCUT2D eigenvalue weighted by Crippen LogP contribution is -2.13. The van der Waals surface area contributed by atoms with Crippen LogP contribution in [0.3, 0.4) is 0 Å². The summed E-state index contributed by atoms with van der Waals surface area (Å²) in [6.07, 6.45) is 1.95. The van der Waals surface area contributed by atoms with Crippen LogP contribution in [0.5, 0.6) is 0 Å².